The average Bonchev–Trinajstić information content (AvgIpc) is 3.12. The fourth-order valence-corrected chi connectivity index (χ4v) is 2.51. The minimum Gasteiger partial charge on any atom is -0.371 e. The zero-order valence-corrected chi connectivity index (χ0v) is 16.2. The lowest BCUT2D eigenvalue weighted by Gasteiger charge is -2.26. The first-order valence-corrected chi connectivity index (χ1v) is 8.90. The molecule has 0 bridgehead atoms. The molecule has 0 fully saturated rings. The average molecular weight is 359 g/mol. The zero-order chi connectivity index (χ0) is 19.0. The molecule has 7 nitrogen and oxygen atoms in total. The third-order valence-electron chi connectivity index (χ3n) is 4.15. The molecule has 142 valence electrons. The molecule has 1 aromatic heterocycles. The second-order valence-corrected chi connectivity index (χ2v) is 6.67. The van der Waals surface area contributed by atoms with E-state index in [9.17, 15) is 0 Å². The number of nitrogens with one attached hydrogen (secondary N) is 2. The van der Waals surface area contributed by atoms with Gasteiger partial charge in [0.05, 0.1) is 6.54 Å². The van der Waals surface area contributed by atoms with E-state index in [2.05, 4.69) is 63.9 Å². The quantitative estimate of drug-likeness (QED) is 0.557. The number of aromatic nitrogens is 2. The smallest absolute Gasteiger partial charge is 0.246 e. The Balaban J connectivity index is 1.86. The van der Waals surface area contributed by atoms with Crippen LogP contribution in [0, 0.1) is 0 Å². The van der Waals surface area contributed by atoms with Gasteiger partial charge >= 0.3 is 0 Å². The number of aliphatic imine (C=N–C) groups is 1. The van der Waals surface area contributed by atoms with Gasteiger partial charge in [0.1, 0.15) is 6.10 Å². The highest BCUT2D eigenvalue weighted by molar-refractivity contribution is 5.79. The molecule has 0 aliphatic rings. The molecule has 2 rings (SSSR count). The Labute approximate surface area is 155 Å². The maximum atomic E-state index is 5.46. The summed E-state index contributed by atoms with van der Waals surface area (Å²) in [7, 11) is 1.74. The van der Waals surface area contributed by atoms with E-state index in [1.54, 1.807) is 7.05 Å². The Bertz CT molecular complexity index is 697. The van der Waals surface area contributed by atoms with E-state index in [0.29, 0.717) is 30.8 Å². The van der Waals surface area contributed by atoms with Crippen LogP contribution in [0.15, 0.2) is 39.8 Å². The van der Waals surface area contributed by atoms with E-state index >= 15 is 0 Å². The molecule has 0 aliphatic heterocycles. The van der Waals surface area contributed by atoms with E-state index in [0.717, 1.165) is 6.54 Å². The zero-order valence-electron chi connectivity index (χ0n) is 16.2. The van der Waals surface area contributed by atoms with Crippen LogP contribution < -0.4 is 10.6 Å². The maximum Gasteiger partial charge on any atom is 0.246 e. The summed E-state index contributed by atoms with van der Waals surface area (Å²) in [6.45, 7) is 9.98. The maximum absolute atomic E-state index is 5.46. The second-order valence-electron chi connectivity index (χ2n) is 6.67. The molecule has 1 unspecified atom stereocenters. The molecule has 7 heteroatoms. The Morgan fingerprint density at radius 2 is 2.00 bits per heavy atom. The van der Waals surface area contributed by atoms with Crippen LogP contribution in [0.2, 0.25) is 0 Å². The first-order chi connectivity index (χ1) is 12.5. The molecule has 26 heavy (non-hydrogen) atoms. The molecule has 0 radical (unpaired) electrons. The van der Waals surface area contributed by atoms with Crippen molar-refractivity contribution in [2.45, 2.75) is 45.8 Å². The number of hydrogen-bond donors (Lipinski definition) is 2. The minimum absolute atomic E-state index is 0.0243. The molecule has 2 N–H and O–H groups in total. The van der Waals surface area contributed by atoms with Crippen molar-refractivity contribution in [3.63, 3.8) is 0 Å². The van der Waals surface area contributed by atoms with Crippen molar-refractivity contribution in [2.24, 2.45) is 4.99 Å². The Morgan fingerprint density at radius 1 is 1.27 bits per heavy atom. The fraction of sp³-hybridized carbons (Fsp3) is 0.526. The molecule has 2 aromatic rings. The van der Waals surface area contributed by atoms with Crippen molar-refractivity contribution in [3.05, 3.63) is 47.6 Å². The molecule has 0 aliphatic carbocycles. The van der Waals surface area contributed by atoms with Gasteiger partial charge in [-0.25, -0.2) is 0 Å². The summed E-state index contributed by atoms with van der Waals surface area (Å²) in [5.41, 5.74) is 1.25. The lowest BCUT2D eigenvalue weighted by molar-refractivity contribution is 0.0683. The number of guanidine groups is 1. The summed E-state index contributed by atoms with van der Waals surface area (Å²) < 4.78 is 10.7. The number of hydrogen-bond acceptors (Lipinski definition) is 5. The molecule has 0 saturated carbocycles. The highest BCUT2D eigenvalue weighted by atomic mass is 16.5. The SMILES string of the molecule is CCOC(C)c1noc(CNC(=NC)NCC(C)(C)c2ccccc2)n1. The highest BCUT2D eigenvalue weighted by Crippen LogP contribution is 2.21. The van der Waals surface area contributed by atoms with Gasteiger partial charge in [-0.1, -0.05) is 49.3 Å². The number of rotatable bonds is 8. The van der Waals surface area contributed by atoms with Crippen LogP contribution in [0.5, 0.6) is 0 Å². The van der Waals surface area contributed by atoms with Crippen molar-refractivity contribution in [1.82, 2.24) is 20.8 Å². The summed E-state index contributed by atoms with van der Waals surface area (Å²) in [6, 6.07) is 10.4. The van der Waals surface area contributed by atoms with Crippen LogP contribution in [0.25, 0.3) is 0 Å². The van der Waals surface area contributed by atoms with Crippen molar-refractivity contribution >= 4 is 5.96 Å². The molecular weight excluding hydrogens is 330 g/mol. The van der Waals surface area contributed by atoms with E-state index in [1.165, 1.54) is 5.56 Å². The molecule has 1 aromatic carbocycles. The Hall–Kier alpha value is -2.41. The Kier molecular flexibility index (Phi) is 7.15. The van der Waals surface area contributed by atoms with E-state index in [-0.39, 0.29) is 11.5 Å². The monoisotopic (exact) mass is 359 g/mol. The molecule has 1 heterocycles. The summed E-state index contributed by atoms with van der Waals surface area (Å²) in [5, 5.41) is 10.5. The van der Waals surface area contributed by atoms with Crippen molar-refractivity contribution < 1.29 is 9.26 Å². The van der Waals surface area contributed by atoms with Gasteiger partial charge < -0.3 is 19.9 Å². The predicted octanol–water partition coefficient (Wildman–Crippen LogP) is 2.81. The van der Waals surface area contributed by atoms with Gasteiger partial charge in [-0.05, 0) is 19.4 Å². The largest absolute Gasteiger partial charge is 0.371 e. The normalized spacial score (nSPS) is 13.5. The molecule has 0 spiro atoms. The van der Waals surface area contributed by atoms with E-state index in [1.807, 2.05) is 19.9 Å². The van der Waals surface area contributed by atoms with Crippen molar-refractivity contribution in [2.75, 3.05) is 20.2 Å². The van der Waals surface area contributed by atoms with E-state index < -0.39 is 0 Å². The number of ether oxygens (including phenoxy) is 1. The lowest BCUT2D eigenvalue weighted by atomic mass is 9.85. The summed E-state index contributed by atoms with van der Waals surface area (Å²) in [6.07, 6.45) is -0.179. The minimum atomic E-state index is -0.179. The summed E-state index contributed by atoms with van der Waals surface area (Å²) in [4.78, 5) is 8.59. The van der Waals surface area contributed by atoms with Gasteiger partial charge in [0.25, 0.3) is 0 Å². The standard InChI is InChI=1S/C19H29N5O2/c1-6-25-14(2)17-23-16(26-24-17)12-21-18(20-5)22-13-19(3,4)15-10-8-7-9-11-15/h7-11,14H,6,12-13H2,1-5H3,(H2,20,21,22). The van der Waals surface area contributed by atoms with Crippen molar-refractivity contribution in [3.8, 4) is 0 Å². The highest BCUT2D eigenvalue weighted by Gasteiger charge is 2.20. The Morgan fingerprint density at radius 3 is 2.65 bits per heavy atom. The van der Waals surface area contributed by atoms with Crippen LogP contribution in [-0.2, 0) is 16.7 Å². The van der Waals surface area contributed by atoms with E-state index in [4.69, 9.17) is 9.26 Å². The predicted molar refractivity (Wildman–Crippen MR) is 102 cm³/mol. The topological polar surface area (TPSA) is 84.6 Å². The van der Waals surface area contributed by atoms with Crippen LogP contribution in [-0.4, -0.2) is 36.3 Å². The lowest BCUT2D eigenvalue weighted by Crippen LogP contribution is -2.43. The van der Waals surface area contributed by atoms with Crippen LogP contribution in [0.4, 0.5) is 0 Å². The summed E-state index contributed by atoms with van der Waals surface area (Å²) in [5.74, 6) is 1.74. The molecular formula is C19H29N5O2. The van der Waals surface area contributed by atoms with Crippen molar-refractivity contribution in [1.29, 1.82) is 0 Å². The fourth-order valence-electron chi connectivity index (χ4n) is 2.51. The molecule has 1 atom stereocenters. The number of benzene rings is 1. The second kappa shape index (κ2) is 9.33. The first kappa shape index (κ1) is 19.9. The van der Waals surface area contributed by atoms with Crippen LogP contribution in [0.3, 0.4) is 0 Å². The van der Waals surface area contributed by atoms with Crippen LogP contribution in [0.1, 0.15) is 51.1 Å². The molecule has 0 amide bonds. The van der Waals surface area contributed by atoms with Gasteiger partial charge in [0.15, 0.2) is 11.8 Å². The molecule has 0 saturated heterocycles. The van der Waals surface area contributed by atoms with Gasteiger partial charge in [-0.2, -0.15) is 4.98 Å². The van der Waals surface area contributed by atoms with Gasteiger partial charge in [0, 0.05) is 25.6 Å². The third-order valence-corrected chi connectivity index (χ3v) is 4.15. The van der Waals surface area contributed by atoms with Crippen LogP contribution >= 0.6 is 0 Å². The third kappa shape index (κ3) is 5.56. The first-order valence-electron chi connectivity index (χ1n) is 8.90. The number of nitrogens with zero attached hydrogens (tertiary/aromatic N) is 3. The van der Waals surface area contributed by atoms with Gasteiger partial charge in [-0.15, -0.1) is 0 Å². The summed E-state index contributed by atoms with van der Waals surface area (Å²) >= 11 is 0. The van der Waals surface area contributed by atoms with Gasteiger partial charge in [0.2, 0.25) is 5.89 Å². The van der Waals surface area contributed by atoms with Gasteiger partial charge in [-0.3, -0.25) is 4.99 Å².